The van der Waals surface area contributed by atoms with Gasteiger partial charge in [0.05, 0.1) is 12.2 Å². The van der Waals surface area contributed by atoms with Gasteiger partial charge in [-0.25, -0.2) is 4.79 Å². The monoisotopic (exact) mass is 461 g/mol. The Morgan fingerprint density at radius 1 is 1.12 bits per heavy atom. The maximum absolute atomic E-state index is 12.4. The van der Waals surface area contributed by atoms with Gasteiger partial charge in [-0.3, -0.25) is 9.48 Å². The number of anilines is 1. The number of hydrogen-bond acceptors (Lipinski definition) is 6. The van der Waals surface area contributed by atoms with Crippen molar-refractivity contribution in [3.8, 4) is 11.5 Å². The smallest absolute Gasteiger partial charge is 0.331 e. The first-order valence-corrected chi connectivity index (χ1v) is 11.0. The summed E-state index contributed by atoms with van der Waals surface area (Å²) in [5.41, 5.74) is 5.48. The molecule has 0 saturated heterocycles. The first kappa shape index (κ1) is 23.1. The fraction of sp³-hybridized carbons (Fsp3) is 0.269. The van der Waals surface area contributed by atoms with Crippen LogP contribution >= 0.6 is 0 Å². The van der Waals surface area contributed by atoms with E-state index >= 15 is 0 Å². The van der Waals surface area contributed by atoms with Crippen molar-refractivity contribution in [1.82, 2.24) is 9.78 Å². The Morgan fingerprint density at radius 3 is 2.62 bits per heavy atom. The topological polar surface area (TPSA) is 91.7 Å². The molecule has 1 aliphatic rings. The highest BCUT2D eigenvalue weighted by molar-refractivity contribution is 5.97. The molecule has 1 amide bonds. The summed E-state index contributed by atoms with van der Waals surface area (Å²) >= 11 is 0. The normalized spacial score (nSPS) is 13.2. The lowest BCUT2D eigenvalue weighted by Crippen LogP contribution is -2.29. The molecule has 1 unspecified atom stereocenters. The van der Waals surface area contributed by atoms with Gasteiger partial charge in [-0.2, -0.15) is 5.10 Å². The Balaban J connectivity index is 1.35. The van der Waals surface area contributed by atoms with E-state index in [0.717, 1.165) is 22.5 Å². The highest BCUT2D eigenvalue weighted by Crippen LogP contribution is 2.34. The Morgan fingerprint density at radius 2 is 1.85 bits per heavy atom. The Bertz CT molecular complexity index is 1240. The maximum Gasteiger partial charge on any atom is 0.331 e. The molecule has 8 nitrogen and oxygen atoms in total. The average Bonchev–Trinajstić information content (AvgIpc) is 3.37. The van der Waals surface area contributed by atoms with Gasteiger partial charge in [0.1, 0.15) is 0 Å². The van der Waals surface area contributed by atoms with Crippen molar-refractivity contribution in [2.45, 2.75) is 40.3 Å². The first-order valence-electron chi connectivity index (χ1n) is 11.0. The quantitative estimate of drug-likeness (QED) is 0.420. The number of nitrogens with one attached hydrogen (secondary N) is 1. The molecule has 0 radical (unpaired) electrons. The van der Waals surface area contributed by atoms with Crippen LogP contribution in [-0.2, 0) is 20.9 Å². The number of fused-ring (bicyclic) bond motifs is 1. The summed E-state index contributed by atoms with van der Waals surface area (Å²) in [5.74, 6) is 0.117. The summed E-state index contributed by atoms with van der Waals surface area (Å²) in [7, 11) is 0. The average molecular weight is 462 g/mol. The minimum atomic E-state index is -0.978. The van der Waals surface area contributed by atoms with E-state index in [9.17, 15) is 9.59 Å². The van der Waals surface area contributed by atoms with Crippen LogP contribution in [0.1, 0.15) is 35.0 Å². The molecule has 2 heterocycles. The summed E-state index contributed by atoms with van der Waals surface area (Å²) in [6.45, 7) is 8.21. The molecule has 176 valence electrons. The molecule has 1 atom stereocenters. The van der Waals surface area contributed by atoms with Crippen LogP contribution in [0.25, 0.3) is 6.08 Å². The van der Waals surface area contributed by atoms with Crippen molar-refractivity contribution in [2.24, 2.45) is 0 Å². The van der Waals surface area contributed by atoms with E-state index in [1.807, 2.05) is 18.5 Å². The highest BCUT2D eigenvalue weighted by Gasteiger charge is 2.19. The van der Waals surface area contributed by atoms with Crippen LogP contribution in [0.5, 0.6) is 11.5 Å². The highest BCUT2D eigenvalue weighted by atomic mass is 16.7. The lowest BCUT2D eigenvalue weighted by atomic mass is 10.1. The third kappa shape index (κ3) is 5.28. The molecule has 1 aromatic heterocycles. The van der Waals surface area contributed by atoms with E-state index in [0.29, 0.717) is 23.7 Å². The molecule has 8 heteroatoms. The SMILES string of the molecule is Cc1ccc(Cn2nc(C)c(/C=C/C(=O)OC(C)C(=O)Nc3ccc4c(c3)OCO4)c2C)cc1. The predicted octanol–water partition coefficient (Wildman–Crippen LogP) is 4.17. The van der Waals surface area contributed by atoms with E-state index < -0.39 is 18.0 Å². The summed E-state index contributed by atoms with van der Waals surface area (Å²) in [5, 5.41) is 7.31. The van der Waals surface area contributed by atoms with Gasteiger partial charge in [-0.1, -0.05) is 29.8 Å². The summed E-state index contributed by atoms with van der Waals surface area (Å²) < 4.78 is 17.7. The van der Waals surface area contributed by atoms with Crippen molar-refractivity contribution in [3.05, 3.63) is 76.6 Å². The second-order valence-corrected chi connectivity index (χ2v) is 8.20. The Kier molecular flexibility index (Phi) is 6.67. The zero-order chi connectivity index (χ0) is 24.2. The van der Waals surface area contributed by atoms with Crippen LogP contribution in [0.4, 0.5) is 5.69 Å². The number of hydrogen-bond donors (Lipinski definition) is 1. The summed E-state index contributed by atoms with van der Waals surface area (Å²) in [6, 6.07) is 13.4. The van der Waals surface area contributed by atoms with Gasteiger partial charge in [0.15, 0.2) is 17.6 Å². The number of nitrogens with zero attached hydrogens (tertiary/aromatic N) is 2. The van der Waals surface area contributed by atoms with E-state index in [-0.39, 0.29) is 6.79 Å². The van der Waals surface area contributed by atoms with Crippen molar-refractivity contribution in [3.63, 3.8) is 0 Å². The van der Waals surface area contributed by atoms with Gasteiger partial charge < -0.3 is 19.5 Å². The van der Waals surface area contributed by atoms with Crippen LogP contribution in [0.3, 0.4) is 0 Å². The van der Waals surface area contributed by atoms with Crippen molar-refractivity contribution < 1.29 is 23.8 Å². The largest absolute Gasteiger partial charge is 0.454 e. The third-order valence-corrected chi connectivity index (χ3v) is 5.58. The summed E-state index contributed by atoms with van der Waals surface area (Å²) in [4.78, 5) is 24.8. The molecule has 0 bridgehead atoms. The molecule has 3 aromatic rings. The molecule has 1 N–H and O–H groups in total. The van der Waals surface area contributed by atoms with Gasteiger partial charge in [-0.05, 0) is 51.5 Å². The van der Waals surface area contributed by atoms with Crippen LogP contribution in [0, 0.1) is 20.8 Å². The lowest BCUT2D eigenvalue weighted by Gasteiger charge is -2.12. The molecule has 2 aromatic carbocycles. The van der Waals surface area contributed by atoms with Crippen LogP contribution < -0.4 is 14.8 Å². The number of esters is 1. The number of ether oxygens (including phenoxy) is 3. The second-order valence-electron chi connectivity index (χ2n) is 8.20. The maximum atomic E-state index is 12.4. The van der Waals surface area contributed by atoms with Crippen LogP contribution in [0.2, 0.25) is 0 Å². The van der Waals surface area contributed by atoms with Gasteiger partial charge in [-0.15, -0.1) is 0 Å². The van der Waals surface area contributed by atoms with E-state index in [1.165, 1.54) is 18.6 Å². The molecular weight excluding hydrogens is 434 g/mol. The zero-order valence-corrected chi connectivity index (χ0v) is 19.6. The van der Waals surface area contributed by atoms with Crippen molar-refractivity contribution in [1.29, 1.82) is 0 Å². The number of amides is 1. The Hall–Kier alpha value is -4.07. The van der Waals surface area contributed by atoms with E-state index in [4.69, 9.17) is 14.2 Å². The standard InChI is InChI=1S/C26H27N3O5/c1-16-5-7-20(8-6-16)14-29-18(3)22(17(2)28-29)10-12-25(30)34-19(4)26(31)27-21-9-11-23-24(13-21)33-15-32-23/h5-13,19H,14-15H2,1-4H3,(H,27,31)/b12-10+. The van der Waals surface area contributed by atoms with Crippen molar-refractivity contribution in [2.75, 3.05) is 12.1 Å². The molecule has 0 aliphatic carbocycles. The minimum Gasteiger partial charge on any atom is -0.454 e. The van der Waals surface area contributed by atoms with Crippen molar-refractivity contribution >= 4 is 23.6 Å². The Labute approximate surface area is 198 Å². The first-order chi connectivity index (χ1) is 16.3. The van der Waals surface area contributed by atoms with E-state index in [1.54, 1.807) is 24.3 Å². The molecule has 4 rings (SSSR count). The van der Waals surface area contributed by atoms with Gasteiger partial charge in [0, 0.05) is 29.1 Å². The predicted molar refractivity (Wildman–Crippen MR) is 128 cm³/mol. The molecule has 1 aliphatic heterocycles. The number of rotatable bonds is 7. The fourth-order valence-corrected chi connectivity index (χ4v) is 3.61. The third-order valence-electron chi connectivity index (χ3n) is 5.58. The molecule has 0 saturated carbocycles. The zero-order valence-electron chi connectivity index (χ0n) is 19.6. The summed E-state index contributed by atoms with van der Waals surface area (Å²) in [6.07, 6.45) is 2.01. The second kappa shape index (κ2) is 9.82. The lowest BCUT2D eigenvalue weighted by molar-refractivity contribution is -0.148. The number of aryl methyl sites for hydroxylation is 2. The number of aromatic nitrogens is 2. The molecule has 0 fully saturated rings. The van der Waals surface area contributed by atoms with Gasteiger partial charge in [0.25, 0.3) is 5.91 Å². The molecule has 34 heavy (non-hydrogen) atoms. The number of carbonyl (C=O) groups excluding carboxylic acids is 2. The fourth-order valence-electron chi connectivity index (χ4n) is 3.61. The molecule has 0 spiro atoms. The van der Waals surface area contributed by atoms with Crippen LogP contribution in [0.15, 0.2) is 48.5 Å². The molecular formula is C26H27N3O5. The van der Waals surface area contributed by atoms with Gasteiger partial charge >= 0.3 is 5.97 Å². The van der Waals surface area contributed by atoms with Gasteiger partial charge in [0.2, 0.25) is 6.79 Å². The van der Waals surface area contributed by atoms with E-state index in [2.05, 4.69) is 41.6 Å². The minimum absolute atomic E-state index is 0.150. The van der Waals surface area contributed by atoms with Crippen LogP contribution in [-0.4, -0.2) is 34.6 Å². The number of benzene rings is 2. The number of carbonyl (C=O) groups is 2.